The first-order valence-electron chi connectivity index (χ1n) is 8.86. The SMILES string of the molecule is Cc1cc(C)c(N2C=CN(c3c(C)cc(C)cc3C)C2)c(C)c1.[Au+].[O-][Cl+3]([O-])([O-])[O-]. The molecule has 162 valence electrons. The molecule has 0 N–H and O–H groups in total. The number of aryl methyl sites for hydroxylation is 6. The van der Waals surface area contributed by atoms with E-state index in [9.17, 15) is 0 Å². The number of hydrogen-bond donors (Lipinski definition) is 0. The van der Waals surface area contributed by atoms with Gasteiger partial charge in [-0.3, -0.25) is 0 Å². The molecule has 0 unspecified atom stereocenters. The van der Waals surface area contributed by atoms with Gasteiger partial charge in [0.05, 0.1) is 6.67 Å². The standard InChI is InChI=1S/C21H26N2.Au.ClHO4/c1-14-9-16(3)20(17(4)10-14)22-7-8-23(13-22)21-18(5)11-15(2)12-19(21)6;;2-1(3,4)5/h7-12H,13H2,1-6H3;;(H,2,3,4,5)/q;+1;/p-1. The van der Waals surface area contributed by atoms with E-state index in [4.69, 9.17) is 18.6 Å². The van der Waals surface area contributed by atoms with Crippen molar-refractivity contribution >= 4 is 11.4 Å². The molecule has 0 saturated carbocycles. The molecule has 1 aliphatic rings. The molecule has 0 spiro atoms. The summed E-state index contributed by atoms with van der Waals surface area (Å²) in [7, 11) is -4.94. The van der Waals surface area contributed by atoms with Crippen molar-refractivity contribution in [1.29, 1.82) is 0 Å². The van der Waals surface area contributed by atoms with Gasteiger partial charge in [0.15, 0.2) is 0 Å². The monoisotopic (exact) mass is 602 g/mol. The van der Waals surface area contributed by atoms with Gasteiger partial charge in [0, 0.05) is 23.8 Å². The van der Waals surface area contributed by atoms with Crippen molar-refractivity contribution in [2.45, 2.75) is 41.5 Å². The minimum atomic E-state index is -4.94. The smallest absolute Gasteiger partial charge is 0.328 e. The predicted molar refractivity (Wildman–Crippen MR) is 100 cm³/mol. The second-order valence-electron chi connectivity index (χ2n) is 7.25. The van der Waals surface area contributed by atoms with Gasteiger partial charge < -0.3 is 9.80 Å². The number of rotatable bonds is 2. The summed E-state index contributed by atoms with van der Waals surface area (Å²) in [6, 6.07) is 9.06. The fraction of sp³-hybridized carbons (Fsp3) is 0.333. The maximum Gasteiger partial charge on any atom is 1.00 e. The van der Waals surface area contributed by atoms with Gasteiger partial charge in [-0.05, 0) is 63.8 Å². The quantitative estimate of drug-likeness (QED) is 0.466. The molecule has 0 bridgehead atoms. The van der Waals surface area contributed by atoms with E-state index in [0.717, 1.165) is 6.67 Å². The Morgan fingerprint density at radius 2 is 0.862 bits per heavy atom. The van der Waals surface area contributed by atoms with E-state index in [-0.39, 0.29) is 22.4 Å². The predicted octanol–water partition coefficient (Wildman–Crippen LogP) is 0.534. The van der Waals surface area contributed by atoms with Crippen molar-refractivity contribution in [2.75, 3.05) is 16.5 Å². The van der Waals surface area contributed by atoms with E-state index < -0.39 is 10.2 Å². The van der Waals surface area contributed by atoms with Gasteiger partial charge in [-0.2, -0.15) is 0 Å². The molecule has 0 amide bonds. The van der Waals surface area contributed by atoms with Crippen LogP contribution >= 0.6 is 0 Å². The van der Waals surface area contributed by atoms with Crippen LogP contribution in [0.15, 0.2) is 36.7 Å². The Morgan fingerprint density at radius 3 is 1.10 bits per heavy atom. The van der Waals surface area contributed by atoms with Crippen LogP contribution in [0.2, 0.25) is 0 Å². The minimum absolute atomic E-state index is 0. The molecule has 6 nitrogen and oxygen atoms in total. The van der Waals surface area contributed by atoms with Gasteiger partial charge in [0.2, 0.25) is 0 Å². The second kappa shape index (κ2) is 10.1. The molecular formula is C21H26AuClN2O4. The molecule has 0 aromatic heterocycles. The van der Waals surface area contributed by atoms with Crippen LogP contribution in [0, 0.1) is 51.8 Å². The Kier molecular flexibility index (Phi) is 8.95. The van der Waals surface area contributed by atoms with Crippen LogP contribution in [0.25, 0.3) is 0 Å². The van der Waals surface area contributed by atoms with Crippen LogP contribution < -0.4 is 28.4 Å². The van der Waals surface area contributed by atoms with Crippen molar-refractivity contribution < 1.29 is 51.3 Å². The molecule has 1 heterocycles. The van der Waals surface area contributed by atoms with Gasteiger partial charge in [-0.1, -0.05) is 35.4 Å². The molecular weight excluding hydrogens is 577 g/mol. The van der Waals surface area contributed by atoms with Crippen LogP contribution in [0.5, 0.6) is 0 Å². The van der Waals surface area contributed by atoms with E-state index in [1.807, 2.05) is 0 Å². The van der Waals surface area contributed by atoms with Crippen molar-refractivity contribution in [3.63, 3.8) is 0 Å². The molecule has 0 radical (unpaired) electrons. The Balaban J connectivity index is 0.000000628. The first-order chi connectivity index (χ1) is 12.9. The van der Waals surface area contributed by atoms with Crippen molar-refractivity contribution in [2.24, 2.45) is 0 Å². The van der Waals surface area contributed by atoms with Crippen molar-refractivity contribution in [1.82, 2.24) is 0 Å². The summed E-state index contributed by atoms with van der Waals surface area (Å²) in [5.74, 6) is 0. The van der Waals surface area contributed by atoms with Gasteiger partial charge in [0.25, 0.3) is 0 Å². The number of benzene rings is 2. The van der Waals surface area contributed by atoms with Crippen LogP contribution in [0.3, 0.4) is 0 Å². The zero-order valence-electron chi connectivity index (χ0n) is 17.4. The van der Waals surface area contributed by atoms with Crippen LogP contribution in [0.4, 0.5) is 11.4 Å². The Hall–Kier alpha value is -1.35. The number of hydrogen-bond acceptors (Lipinski definition) is 6. The third kappa shape index (κ3) is 7.13. The molecule has 0 aliphatic carbocycles. The Morgan fingerprint density at radius 1 is 0.621 bits per heavy atom. The van der Waals surface area contributed by atoms with Crippen LogP contribution in [-0.2, 0) is 22.4 Å². The molecule has 0 atom stereocenters. The van der Waals surface area contributed by atoms with Crippen molar-refractivity contribution in [3.8, 4) is 0 Å². The van der Waals surface area contributed by atoms with Crippen LogP contribution in [-0.4, -0.2) is 6.67 Å². The summed E-state index contributed by atoms with van der Waals surface area (Å²) < 4.78 is 34.0. The minimum Gasteiger partial charge on any atom is -0.328 e. The summed E-state index contributed by atoms with van der Waals surface area (Å²) in [6.07, 6.45) is 4.40. The summed E-state index contributed by atoms with van der Waals surface area (Å²) in [5.41, 5.74) is 10.7. The molecule has 1 aliphatic heterocycles. The van der Waals surface area contributed by atoms with Gasteiger partial charge in [-0.25, -0.2) is 18.6 Å². The fourth-order valence-corrected chi connectivity index (χ4v) is 3.96. The molecule has 2 aromatic carbocycles. The largest absolute Gasteiger partial charge is 1.00 e. The zero-order valence-corrected chi connectivity index (χ0v) is 20.3. The van der Waals surface area contributed by atoms with Gasteiger partial charge >= 0.3 is 22.4 Å². The third-order valence-corrected chi connectivity index (χ3v) is 4.58. The first kappa shape index (κ1) is 25.7. The van der Waals surface area contributed by atoms with Crippen LogP contribution in [0.1, 0.15) is 33.4 Å². The number of nitrogens with zero attached hydrogens (tertiary/aromatic N) is 2. The van der Waals surface area contributed by atoms with Crippen molar-refractivity contribution in [3.05, 3.63) is 70.0 Å². The number of anilines is 2. The van der Waals surface area contributed by atoms with Gasteiger partial charge in [-0.15, -0.1) is 10.2 Å². The average Bonchev–Trinajstić information content (AvgIpc) is 2.92. The second-order valence-corrected chi connectivity index (χ2v) is 8.01. The molecule has 0 fully saturated rings. The Labute approximate surface area is 190 Å². The maximum atomic E-state index is 8.49. The molecule has 2 aromatic rings. The van der Waals surface area contributed by atoms with E-state index in [0.29, 0.717) is 0 Å². The average molecular weight is 603 g/mol. The van der Waals surface area contributed by atoms with E-state index in [1.165, 1.54) is 44.8 Å². The molecule has 29 heavy (non-hydrogen) atoms. The normalized spacial score (nSPS) is 13.2. The Bertz CT molecular complexity index is 779. The summed E-state index contributed by atoms with van der Waals surface area (Å²) >= 11 is 0. The molecule has 0 saturated heterocycles. The zero-order chi connectivity index (χ0) is 21.2. The summed E-state index contributed by atoms with van der Waals surface area (Å²) in [6.45, 7) is 14.0. The molecule has 3 rings (SSSR count). The van der Waals surface area contributed by atoms with Gasteiger partial charge in [0.1, 0.15) is 0 Å². The third-order valence-electron chi connectivity index (χ3n) is 4.58. The topological polar surface area (TPSA) is 98.7 Å². The first-order valence-corrected chi connectivity index (χ1v) is 10.1. The fourth-order valence-electron chi connectivity index (χ4n) is 3.96. The maximum absolute atomic E-state index is 8.49. The van der Waals surface area contributed by atoms with E-state index in [2.05, 4.69) is 88.0 Å². The summed E-state index contributed by atoms with van der Waals surface area (Å²) in [5, 5.41) is 0. The summed E-state index contributed by atoms with van der Waals surface area (Å²) in [4.78, 5) is 4.70. The molecule has 8 heteroatoms. The van der Waals surface area contributed by atoms with E-state index >= 15 is 0 Å². The van der Waals surface area contributed by atoms with E-state index in [1.54, 1.807) is 0 Å². The number of halogens is 1.